The van der Waals surface area contributed by atoms with Crippen LogP contribution in [-0.4, -0.2) is 49.3 Å². The molecule has 2 aromatic carbocycles. The van der Waals surface area contributed by atoms with Crippen molar-refractivity contribution < 1.29 is 27.8 Å². The molecule has 3 rings (SSSR count). The van der Waals surface area contributed by atoms with E-state index in [0.29, 0.717) is 43.7 Å². The normalized spacial score (nSPS) is 14.9. The highest BCUT2D eigenvalue weighted by atomic mass is 19.3. The minimum atomic E-state index is -2.89. The van der Waals surface area contributed by atoms with Gasteiger partial charge in [-0.2, -0.15) is 8.78 Å². The molecular formula is C24H26F2N2O4. The molecule has 0 atom stereocenters. The monoisotopic (exact) mass is 444 g/mol. The Morgan fingerprint density at radius 3 is 2.34 bits per heavy atom. The van der Waals surface area contributed by atoms with E-state index in [9.17, 15) is 18.4 Å². The summed E-state index contributed by atoms with van der Waals surface area (Å²) in [4.78, 5) is 26.6. The predicted molar refractivity (Wildman–Crippen MR) is 117 cm³/mol. The van der Waals surface area contributed by atoms with Crippen LogP contribution in [0.5, 0.6) is 5.75 Å². The molecule has 1 heterocycles. The van der Waals surface area contributed by atoms with Gasteiger partial charge in [0.05, 0.1) is 6.61 Å². The van der Waals surface area contributed by atoms with Crippen LogP contribution in [0.3, 0.4) is 0 Å². The molecule has 1 aliphatic rings. The first kappa shape index (κ1) is 23.2. The topological polar surface area (TPSA) is 67.9 Å². The maximum atomic E-state index is 13.1. The molecule has 1 fully saturated rings. The SMILES string of the molecule is CCOC(=O)N1CCC(NC(=O)C(=Cc2ccc(OC(F)F)cc2)c2ccccc2)CC1. The highest BCUT2D eigenvalue weighted by Crippen LogP contribution is 2.22. The Morgan fingerprint density at radius 1 is 1.09 bits per heavy atom. The van der Waals surface area contributed by atoms with Crippen LogP contribution in [-0.2, 0) is 9.53 Å². The van der Waals surface area contributed by atoms with Crippen LogP contribution in [0.15, 0.2) is 54.6 Å². The van der Waals surface area contributed by atoms with Gasteiger partial charge in [-0.05, 0) is 49.1 Å². The Labute approximate surface area is 185 Å². The molecule has 6 nitrogen and oxygen atoms in total. The molecule has 0 bridgehead atoms. The van der Waals surface area contributed by atoms with Crippen molar-refractivity contribution in [1.82, 2.24) is 10.2 Å². The molecule has 1 saturated heterocycles. The summed E-state index contributed by atoms with van der Waals surface area (Å²) in [6.45, 7) is 0.231. The van der Waals surface area contributed by atoms with Crippen LogP contribution in [0.2, 0.25) is 0 Å². The zero-order valence-corrected chi connectivity index (χ0v) is 17.8. The first-order chi connectivity index (χ1) is 15.5. The molecule has 0 aromatic heterocycles. The summed E-state index contributed by atoms with van der Waals surface area (Å²) in [6.07, 6.45) is 2.64. The summed E-state index contributed by atoms with van der Waals surface area (Å²) in [7, 11) is 0. The predicted octanol–water partition coefficient (Wildman–Crippen LogP) is 4.57. The second-order valence-corrected chi connectivity index (χ2v) is 7.31. The van der Waals surface area contributed by atoms with Crippen LogP contribution in [0.4, 0.5) is 13.6 Å². The van der Waals surface area contributed by atoms with Crippen molar-refractivity contribution in [3.63, 3.8) is 0 Å². The van der Waals surface area contributed by atoms with E-state index in [4.69, 9.17) is 4.74 Å². The van der Waals surface area contributed by atoms with E-state index in [1.807, 2.05) is 30.3 Å². The van der Waals surface area contributed by atoms with Crippen LogP contribution in [0.25, 0.3) is 11.6 Å². The summed E-state index contributed by atoms with van der Waals surface area (Å²) >= 11 is 0. The van der Waals surface area contributed by atoms with E-state index in [1.54, 1.807) is 30.0 Å². The van der Waals surface area contributed by atoms with Gasteiger partial charge in [-0.15, -0.1) is 0 Å². The number of alkyl halides is 2. The Balaban J connectivity index is 1.72. The van der Waals surface area contributed by atoms with Crippen molar-refractivity contribution in [1.29, 1.82) is 0 Å². The number of piperidine rings is 1. The lowest BCUT2D eigenvalue weighted by molar-refractivity contribution is -0.116. The highest BCUT2D eigenvalue weighted by molar-refractivity contribution is 6.24. The molecule has 0 unspecified atom stereocenters. The molecule has 0 saturated carbocycles. The summed E-state index contributed by atoms with van der Waals surface area (Å²) in [5, 5.41) is 3.06. The Hall–Kier alpha value is -3.42. The van der Waals surface area contributed by atoms with E-state index in [2.05, 4.69) is 10.1 Å². The largest absolute Gasteiger partial charge is 0.450 e. The Morgan fingerprint density at radius 2 is 1.75 bits per heavy atom. The smallest absolute Gasteiger partial charge is 0.409 e. The van der Waals surface area contributed by atoms with Crippen molar-refractivity contribution in [3.05, 3.63) is 65.7 Å². The number of carbonyl (C=O) groups excluding carboxylic acids is 2. The fraction of sp³-hybridized carbons (Fsp3) is 0.333. The van der Waals surface area contributed by atoms with Crippen molar-refractivity contribution in [3.8, 4) is 5.75 Å². The highest BCUT2D eigenvalue weighted by Gasteiger charge is 2.25. The lowest BCUT2D eigenvalue weighted by atomic mass is 10.00. The third-order valence-corrected chi connectivity index (χ3v) is 5.10. The molecule has 2 amide bonds. The summed E-state index contributed by atoms with van der Waals surface area (Å²) in [5.74, 6) is -0.185. The first-order valence-electron chi connectivity index (χ1n) is 10.5. The number of amides is 2. The zero-order valence-electron chi connectivity index (χ0n) is 17.8. The van der Waals surface area contributed by atoms with Gasteiger partial charge in [0.15, 0.2) is 0 Å². The third-order valence-electron chi connectivity index (χ3n) is 5.10. The van der Waals surface area contributed by atoms with E-state index < -0.39 is 6.61 Å². The Kier molecular flexibility index (Phi) is 8.19. The maximum Gasteiger partial charge on any atom is 0.409 e. The van der Waals surface area contributed by atoms with Crippen LogP contribution in [0.1, 0.15) is 30.9 Å². The van der Waals surface area contributed by atoms with Crippen molar-refractivity contribution in [2.24, 2.45) is 0 Å². The van der Waals surface area contributed by atoms with Gasteiger partial charge in [0.2, 0.25) is 0 Å². The van der Waals surface area contributed by atoms with Crippen LogP contribution >= 0.6 is 0 Å². The number of nitrogens with zero attached hydrogens (tertiary/aromatic N) is 1. The van der Waals surface area contributed by atoms with Crippen molar-refractivity contribution in [2.45, 2.75) is 32.4 Å². The van der Waals surface area contributed by atoms with Gasteiger partial charge in [0.25, 0.3) is 5.91 Å². The van der Waals surface area contributed by atoms with Gasteiger partial charge >= 0.3 is 12.7 Å². The quantitative estimate of drug-likeness (QED) is 0.502. The fourth-order valence-electron chi connectivity index (χ4n) is 3.49. The van der Waals surface area contributed by atoms with Gasteiger partial charge in [0, 0.05) is 24.7 Å². The van der Waals surface area contributed by atoms with E-state index in [1.165, 1.54) is 12.1 Å². The van der Waals surface area contributed by atoms with Gasteiger partial charge in [0.1, 0.15) is 5.75 Å². The number of hydrogen-bond acceptors (Lipinski definition) is 4. The number of halogens is 2. The number of hydrogen-bond donors (Lipinski definition) is 1. The zero-order chi connectivity index (χ0) is 22.9. The van der Waals surface area contributed by atoms with Crippen molar-refractivity contribution in [2.75, 3.05) is 19.7 Å². The van der Waals surface area contributed by atoms with Gasteiger partial charge in [-0.1, -0.05) is 42.5 Å². The lowest BCUT2D eigenvalue weighted by Crippen LogP contribution is -2.46. The second-order valence-electron chi connectivity index (χ2n) is 7.31. The average Bonchev–Trinajstić information content (AvgIpc) is 2.79. The molecule has 0 aliphatic carbocycles. The second kappa shape index (κ2) is 11.3. The number of ether oxygens (including phenoxy) is 2. The molecular weight excluding hydrogens is 418 g/mol. The molecule has 0 spiro atoms. The molecule has 8 heteroatoms. The fourth-order valence-corrected chi connectivity index (χ4v) is 3.49. The summed E-state index contributed by atoms with van der Waals surface area (Å²) < 4.78 is 34.2. The number of likely N-dealkylation sites (tertiary alicyclic amines) is 1. The molecule has 2 aromatic rings. The standard InChI is InChI=1S/C24H26F2N2O4/c1-2-31-24(30)28-14-12-19(13-15-28)27-22(29)21(18-6-4-3-5-7-18)16-17-8-10-20(11-9-17)32-23(25)26/h3-11,16,19,23H,2,12-15H2,1H3,(H,27,29). The summed E-state index contributed by atoms with van der Waals surface area (Å²) in [6, 6.07) is 15.3. The molecule has 32 heavy (non-hydrogen) atoms. The number of nitrogens with one attached hydrogen (secondary N) is 1. The molecule has 1 N–H and O–H groups in total. The van der Waals surface area contributed by atoms with Gasteiger partial charge in [-0.25, -0.2) is 4.79 Å². The third kappa shape index (κ3) is 6.54. The molecule has 0 radical (unpaired) electrons. The number of benzene rings is 2. The Bertz CT molecular complexity index is 925. The van der Waals surface area contributed by atoms with Gasteiger partial charge in [-0.3, -0.25) is 4.79 Å². The lowest BCUT2D eigenvalue weighted by Gasteiger charge is -2.31. The minimum absolute atomic E-state index is 0.0521. The summed E-state index contributed by atoms with van der Waals surface area (Å²) in [5.41, 5.74) is 1.88. The van der Waals surface area contributed by atoms with E-state index >= 15 is 0 Å². The maximum absolute atomic E-state index is 13.1. The van der Waals surface area contributed by atoms with E-state index in [-0.39, 0.29) is 23.8 Å². The number of carbonyl (C=O) groups is 2. The van der Waals surface area contributed by atoms with Crippen LogP contribution < -0.4 is 10.1 Å². The van der Waals surface area contributed by atoms with Gasteiger partial charge < -0.3 is 19.7 Å². The first-order valence-corrected chi connectivity index (χ1v) is 10.5. The molecule has 1 aliphatic heterocycles. The minimum Gasteiger partial charge on any atom is -0.450 e. The molecule has 170 valence electrons. The van der Waals surface area contributed by atoms with Crippen LogP contribution in [0, 0.1) is 0 Å². The number of rotatable bonds is 7. The van der Waals surface area contributed by atoms with E-state index in [0.717, 1.165) is 5.56 Å². The van der Waals surface area contributed by atoms with Crippen molar-refractivity contribution >= 4 is 23.6 Å². The average molecular weight is 444 g/mol.